The molecule has 4 N–H and O–H groups in total. The zero-order valence-electron chi connectivity index (χ0n) is 23.4. The minimum absolute atomic E-state index is 0.108. The molecule has 1 aromatic carbocycles. The first kappa shape index (κ1) is 29.6. The van der Waals surface area contributed by atoms with Gasteiger partial charge in [-0.05, 0) is 75.4 Å². The second-order valence-corrected chi connectivity index (χ2v) is 10.3. The Morgan fingerprint density at radius 3 is 2.56 bits per heavy atom. The van der Waals surface area contributed by atoms with Gasteiger partial charge >= 0.3 is 6.09 Å². The number of allylic oxidation sites excluding steroid dienone is 4. The van der Waals surface area contributed by atoms with Gasteiger partial charge in [-0.2, -0.15) is 0 Å². The lowest BCUT2D eigenvalue weighted by molar-refractivity contribution is -0.00487. The number of hydrogen-bond donors (Lipinski definition) is 4. The number of nitrogens with zero attached hydrogens (tertiary/aromatic N) is 2. The lowest BCUT2D eigenvalue weighted by Crippen LogP contribution is -2.39. The summed E-state index contributed by atoms with van der Waals surface area (Å²) in [4.78, 5) is 29.0. The fourth-order valence-electron chi connectivity index (χ4n) is 4.34. The molecule has 0 saturated carbocycles. The van der Waals surface area contributed by atoms with Gasteiger partial charge in [-0.25, -0.2) is 4.79 Å². The third kappa shape index (κ3) is 7.79. The highest BCUT2D eigenvalue weighted by Gasteiger charge is 2.26. The molecule has 2 aliphatic heterocycles. The minimum atomic E-state index is -1.12. The Kier molecular flexibility index (Phi) is 9.69. The Bertz CT molecular complexity index is 1230. The number of benzene rings is 1. The van der Waals surface area contributed by atoms with Crippen molar-refractivity contribution in [3.63, 3.8) is 0 Å². The van der Waals surface area contributed by atoms with Crippen LogP contribution in [0.15, 0.2) is 47.7 Å². The molecule has 0 aromatic heterocycles. The van der Waals surface area contributed by atoms with E-state index in [4.69, 9.17) is 20.3 Å². The van der Waals surface area contributed by atoms with Crippen LogP contribution in [0.3, 0.4) is 0 Å². The summed E-state index contributed by atoms with van der Waals surface area (Å²) in [6.45, 7) is 8.10. The summed E-state index contributed by atoms with van der Waals surface area (Å²) >= 11 is 0. The summed E-state index contributed by atoms with van der Waals surface area (Å²) in [6.07, 6.45) is 8.72. The normalized spacial score (nSPS) is 16.4. The molecule has 2 aliphatic rings. The van der Waals surface area contributed by atoms with Crippen LogP contribution in [0, 0.1) is 10.8 Å². The van der Waals surface area contributed by atoms with Crippen LogP contribution in [0.2, 0.25) is 0 Å². The Balaban J connectivity index is 1.70. The van der Waals surface area contributed by atoms with E-state index < -0.39 is 11.7 Å². The number of ether oxygens (including phenoxy) is 2. The molecule has 0 radical (unpaired) electrons. The molecule has 10 heteroatoms. The molecule has 0 atom stereocenters. The maximum atomic E-state index is 13.2. The van der Waals surface area contributed by atoms with E-state index in [0.29, 0.717) is 54.6 Å². The predicted octanol–water partition coefficient (Wildman–Crippen LogP) is 4.15. The average molecular weight is 538 g/mol. The first-order chi connectivity index (χ1) is 18.4. The number of rotatable bonds is 8. The van der Waals surface area contributed by atoms with E-state index in [0.717, 1.165) is 23.1 Å². The van der Waals surface area contributed by atoms with Gasteiger partial charge in [0, 0.05) is 31.8 Å². The number of carbonyl (C=O) groups is 2. The largest absolute Gasteiger partial charge is 0.496 e. The summed E-state index contributed by atoms with van der Waals surface area (Å²) in [5.74, 6) is 0.866. The number of amides is 2. The van der Waals surface area contributed by atoms with Crippen molar-refractivity contribution in [1.29, 1.82) is 10.8 Å². The van der Waals surface area contributed by atoms with Gasteiger partial charge in [0.2, 0.25) is 0 Å². The van der Waals surface area contributed by atoms with E-state index in [2.05, 4.69) is 5.32 Å². The predicted molar refractivity (Wildman–Crippen MR) is 150 cm³/mol. The number of nitrogens with one attached hydrogen (secondary N) is 3. The smallest absolute Gasteiger partial charge is 0.410 e. The third-order valence-corrected chi connectivity index (χ3v) is 6.54. The molecule has 1 fully saturated rings. The van der Waals surface area contributed by atoms with Crippen LogP contribution in [0.25, 0.3) is 0 Å². The molecule has 1 saturated heterocycles. The van der Waals surface area contributed by atoms with Crippen molar-refractivity contribution < 1.29 is 24.2 Å². The SMILES string of the molecule is C/C=C(/C=C\C=C(/C)C(=N)N1CCCC1=N)NC(=O)c1cc2c(cc1OC)CCN(C(=O)OCC(C)(C)O)C2. The zero-order valence-corrected chi connectivity index (χ0v) is 23.4. The topological polar surface area (TPSA) is 139 Å². The number of methoxy groups -OCH3 is 1. The van der Waals surface area contributed by atoms with Crippen molar-refractivity contribution in [1.82, 2.24) is 15.1 Å². The van der Waals surface area contributed by atoms with Crippen LogP contribution in [-0.2, 0) is 17.7 Å². The average Bonchev–Trinajstić information content (AvgIpc) is 3.34. The maximum Gasteiger partial charge on any atom is 0.410 e. The van der Waals surface area contributed by atoms with Crippen molar-refractivity contribution in [2.45, 2.75) is 59.1 Å². The van der Waals surface area contributed by atoms with Crippen LogP contribution in [0.5, 0.6) is 5.75 Å². The summed E-state index contributed by atoms with van der Waals surface area (Å²) in [5.41, 5.74) is 2.35. The Labute approximate surface area is 230 Å². The molecule has 2 amide bonds. The van der Waals surface area contributed by atoms with Gasteiger partial charge in [-0.15, -0.1) is 0 Å². The van der Waals surface area contributed by atoms with E-state index in [1.807, 2.05) is 19.9 Å². The number of carbonyl (C=O) groups excluding carboxylic acids is 2. The fourth-order valence-corrected chi connectivity index (χ4v) is 4.34. The number of hydrogen-bond acceptors (Lipinski definition) is 7. The number of aliphatic hydroxyl groups is 1. The Hall–Kier alpha value is -3.92. The highest BCUT2D eigenvalue weighted by molar-refractivity contribution is 6.07. The van der Waals surface area contributed by atoms with Crippen LogP contribution in [0.4, 0.5) is 4.79 Å². The van der Waals surface area contributed by atoms with Crippen molar-refractivity contribution in [3.8, 4) is 5.75 Å². The van der Waals surface area contributed by atoms with E-state index in [-0.39, 0.29) is 19.1 Å². The standard InChI is InChI=1S/C29H39N5O5/c1-6-22(10-7-9-19(2)26(31)34-13-8-11-25(34)30)32-27(35)23-15-21-17-33(28(36)39-18-29(3,4)37)14-12-20(21)16-24(23)38-5/h6-7,9-10,15-16,30-31,37H,8,11-14,17-18H2,1-5H3,(H,32,35)/b10-7-,19-9+,22-6-,30-25?,31-26?. The fraction of sp³-hybridized carbons (Fsp3) is 0.448. The molecular formula is C29H39N5O5. The monoisotopic (exact) mass is 537 g/mol. The summed E-state index contributed by atoms with van der Waals surface area (Å²) < 4.78 is 10.7. The number of likely N-dealkylation sites (tertiary alicyclic amines) is 1. The van der Waals surface area contributed by atoms with Gasteiger partial charge in [-0.3, -0.25) is 15.6 Å². The van der Waals surface area contributed by atoms with E-state index in [9.17, 15) is 14.7 Å². The Morgan fingerprint density at radius 2 is 1.95 bits per heavy atom. The van der Waals surface area contributed by atoms with Crippen molar-refractivity contribution in [3.05, 3.63) is 64.4 Å². The molecule has 0 unspecified atom stereocenters. The lowest BCUT2D eigenvalue weighted by atomic mass is 9.96. The summed E-state index contributed by atoms with van der Waals surface area (Å²) in [7, 11) is 1.51. The second-order valence-electron chi connectivity index (χ2n) is 10.3. The van der Waals surface area contributed by atoms with Crippen LogP contribution in [0.1, 0.15) is 62.0 Å². The van der Waals surface area contributed by atoms with Crippen LogP contribution >= 0.6 is 0 Å². The first-order valence-electron chi connectivity index (χ1n) is 13.0. The van der Waals surface area contributed by atoms with Crippen molar-refractivity contribution in [2.24, 2.45) is 0 Å². The highest BCUT2D eigenvalue weighted by Crippen LogP contribution is 2.28. The minimum Gasteiger partial charge on any atom is -0.496 e. The van der Waals surface area contributed by atoms with Crippen molar-refractivity contribution >= 4 is 23.7 Å². The molecule has 0 bridgehead atoms. The van der Waals surface area contributed by atoms with Gasteiger partial charge in [-0.1, -0.05) is 18.2 Å². The van der Waals surface area contributed by atoms with Gasteiger partial charge in [0.1, 0.15) is 24.0 Å². The molecule has 3 rings (SSSR count). The van der Waals surface area contributed by atoms with E-state index in [1.54, 1.807) is 54.0 Å². The number of amidine groups is 2. The molecule has 39 heavy (non-hydrogen) atoms. The molecule has 210 valence electrons. The summed E-state index contributed by atoms with van der Waals surface area (Å²) in [6, 6.07) is 3.58. The molecular weight excluding hydrogens is 498 g/mol. The zero-order chi connectivity index (χ0) is 28.7. The molecule has 0 aliphatic carbocycles. The maximum absolute atomic E-state index is 13.2. The van der Waals surface area contributed by atoms with Crippen LogP contribution < -0.4 is 10.1 Å². The Morgan fingerprint density at radius 1 is 1.21 bits per heavy atom. The van der Waals surface area contributed by atoms with Gasteiger partial charge < -0.3 is 29.7 Å². The van der Waals surface area contributed by atoms with Crippen LogP contribution in [-0.4, -0.2) is 71.0 Å². The third-order valence-electron chi connectivity index (χ3n) is 6.54. The van der Waals surface area contributed by atoms with Crippen molar-refractivity contribution in [2.75, 3.05) is 26.8 Å². The van der Waals surface area contributed by atoms with Gasteiger partial charge in [0.05, 0.1) is 18.3 Å². The van der Waals surface area contributed by atoms with Gasteiger partial charge in [0.15, 0.2) is 0 Å². The molecule has 1 aromatic rings. The van der Waals surface area contributed by atoms with E-state index in [1.165, 1.54) is 7.11 Å². The van der Waals surface area contributed by atoms with E-state index >= 15 is 0 Å². The second kappa shape index (κ2) is 12.8. The number of fused-ring (bicyclic) bond motifs is 1. The quantitative estimate of drug-likeness (QED) is 0.223. The first-order valence-corrected chi connectivity index (χ1v) is 13.0. The molecule has 2 heterocycles. The van der Waals surface area contributed by atoms with Gasteiger partial charge in [0.25, 0.3) is 5.91 Å². The lowest BCUT2D eigenvalue weighted by Gasteiger charge is -2.30. The molecule has 10 nitrogen and oxygen atoms in total. The summed E-state index contributed by atoms with van der Waals surface area (Å²) in [5, 5.41) is 29.0. The molecule has 0 spiro atoms. The highest BCUT2D eigenvalue weighted by atomic mass is 16.6.